The number of hydrogen-bond acceptors (Lipinski definition) is 4. The number of hydrogen-bond donors (Lipinski definition) is 1. The molecule has 0 aliphatic heterocycles. The Hall–Kier alpha value is -2.30. The molecule has 0 unspecified atom stereocenters. The molecule has 0 spiro atoms. The van der Waals surface area contributed by atoms with Gasteiger partial charge in [-0.15, -0.1) is 0 Å². The Morgan fingerprint density at radius 3 is 2.73 bits per heavy atom. The second-order valence-electron chi connectivity index (χ2n) is 4.45. The molecule has 4 nitrogen and oxygen atoms in total. The summed E-state index contributed by atoms with van der Waals surface area (Å²) in [6.07, 6.45) is 2.14. The van der Waals surface area contributed by atoms with Crippen molar-refractivity contribution < 1.29 is 9.21 Å². The first kappa shape index (κ1) is 14.6. The van der Waals surface area contributed by atoms with E-state index in [0.29, 0.717) is 33.1 Å². The Bertz CT molecular complexity index is 838. The van der Waals surface area contributed by atoms with Crippen LogP contribution in [0.5, 0.6) is 0 Å². The highest BCUT2D eigenvalue weighted by molar-refractivity contribution is 6.43. The summed E-state index contributed by atoms with van der Waals surface area (Å²) in [5.74, 6) is 0.238. The standard InChI is InChI=1S/C16H10Cl2N2O2/c17-11-4-3-6-13(15(11)18)19-8-10(9-21)16-20-12-5-1-2-7-14(12)22-16/h1-9,19H. The number of aromatic nitrogens is 1. The molecule has 0 radical (unpaired) electrons. The molecule has 0 aliphatic rings. The summed E-state index contributed by atoms with van der Waals surface area (Å²) in [6, 6.07) is 12.5. The van der Waals surface area contributed by atoms with Gasteiger partial charge in [0.2, 0.25) is 5.89 Å². The number of benzene rings is 2. The first-order chi connectivity index (χ1) is 10.7. The van der Waals surface area contributed by atoms with Crippen molar-refractivity contribution in [3.63, 3.8) is 0 Å². The fourth-order valence-corrected chi connectivity index (χ4v) is 2.27. The largest absolute Gasteiger partial charge is 0.436 e. The number of halogens is 2. The molecule has 22 heavy (non-hydrogen) atoms. The molecule has 0 aliphatic carbocycles. The molecule has 110 valence electrons. The van der Waals surface area contributed by atoms with Crippen molar-refractivity contribution in [2.75, 3.05) is 5.32 Å². The number of oxazole rings is 1. The van der Waals surface area contributed by atoms with Crippen LogP contribution >= 0.6 is 23.2 Å². The molecule has 3 aromatic rings. The van der Waals surface area contributed by atoms with Crippen molar-refractivity contribution in [3.05, 3.63) is 64.6 Å². The third kappa shape index (κ3) is 2.84. The molecule has 0 saturated carbocycles. The van der Waals surface area contributed by atoms with Crippen molar-refractivity contribution in [1.82, 2.24) is 4.98 Å². The van der Waals surface area contributed by atoms with Gasteiger partial charge in [0.05, 0.1) is 21.3 Å². The smallest absolute Gasteiger partial charge is 0.232 e. The SMILES string of the molecule is O=CC(=CNc1cccc(Cl)c1Cl)c1nc2ccccc2o1. The van der Waals surface area contributed by atoms with E-state index in [9.17, 15) is 4.79 Å². The summed E-state index contributed by atoms with van der Waals surface area (Å²) in [4.78, 5) is 15.6. The molecule has 3 rings (SSSR count). The predicted octanol–water partition coefficient (Wildman–Crippen LogP) is 4.79. The van der Waals surface area contributed by atoms with Gasteiger partial charge in [0.15, 0.2) is 11.9 Å². The lowest BCUT2D eigenvalue weighted by Gasteiger charge is -2.05. The van der Waals surface area contributed by atoms with Gasteiger partial charge in [-0.05, 0) is 24.3 Å². The van der Waals surface area contributed by atoms with Crippen molar-refractivity contribution in [2.45, 2.75) is 0 Å². The van der Waals surface area contributed by atoms with E-state index in [-0.39, 0.29) is 11.5 Å². The Morgan fingerprint density at radius 1 is 1.14 bits per heavy atom. The molecular weight excluding hydrogens is 323 g/mol. The van der Waals surface area contributed by atoms with Crippen molar-refractivity contribution in [1.29, 1.82) is 0 Å². The zero-order valence-electron chi connectivity index (χ0n) is 11.2. The van der Waals surface area contributed by atoms with Gasteiger partial charge in [-0.2, -0.15) is 0 Å². The van der Waals surface area contributed by atoms with E-state index >= 15 is 0 Å². The van der Waals surface area contributed by atoms with E-state index in [0.717, 1.165) is 0 Å². The summed E-state index contributed by atoms with van der Waals surface area (Å²) in [5, 5.41) is 3.74. The predicted molar refractivity (Wildman–Crippen MR) is 88.1 cm³/mol. The molecule has 2 aromatic carbocycles. The second kappa shape index (κ2) is 6.22. The molecule has 0 amide bonds. The first-order valence-electron chi connectivity index (χ1n) is 6.41. The third-order valence-electron chi connectivity index (χ3n) is 3.00. The fourth-order valence-electron chi connectivity index (χ4n) is 1.91. The molecule has 0 atom stereocenters. The molecule has 0 fully saturated rings. The summed E-state index contributed by atoms with van der Waals surface area (Å²) >= 11 is 12.0. The van der Waals surface area contributed by atoms with Crippen LogP contribution in [0.25, 0.3) is 16.7 Å². The van der Waals surface area contributed by atoms with E-state index in [4.69, 9.17) is 27.6 Å². The van der Waals surface area contributed by atoms with Gasteiger partial charge in [-0.25, -0.2) is 4.98 Å². The quantitative estimate of drug-likeness (QED) is 0.551. The minimum Gasteiger partial charge on any atom is -0.436 e. The number of carbonyl (C=O) groups is 1. The van der Waals surface area contributed by atoms with Gasteiger partial charge in [0.1, 0.15) is 5.52 Å². The van der Waals surface area contributed by atoms with Gasteiger partial charge in [-0.1, -0.05) is 41.4 Å². The Kier molecular flexibility index (Phi) is 4.13. The lowest BCUT2D eigenvalue weighted by atomic mass is 10.3. The summed E-state index contributed by atoms with van der Waals surface area (Å²) in [7, 11) is 0. The van der Waals surface area contributed by atoms with Crippen molar-refractivity contribution in [2.24, 2.45) is 0 Å². The van der Waals surface area contributed by atoms with Gasteiger partial charge in [-0.3, -0.25) is 4.79 Å². The van der Waals surface area contributed by atoms with E-state index in [2.05, 4.69) is 10.3 Å². The van der Waals surface area contributed by atoms with Crippen LogP contribution in [-0.2, 0) is 4.79 Å². The van der Waals surface area contributed by atoms with Gasteiger partial charge < -0.3 is 9.73 Å². The molecule has 6 heteroatoms. The van der Waals surface area contributed by atoms with Crippen LogP contribution < -0.4 is 5.32 Å². The van der Waals surface area contributed by atoms with Crippen LogP contribution in [0.4, 0.5) is 5.69 Å². The maximum absolute atomic E-state index is 11.3. The number of nitrogens with one attached hydrogen (secondary N) is 1. The highest BCUT2D eigenvalue weighted by atomic mass is 35.5. The van der Waals surface area contributed by atoms with Gasteiger partial charge in [0.25, 0.3) is 0 Å². The van der Waals surface area contributed by atoms with Crippen LogP contribution in [0.15, 0.2) is 53.1 Å². The lowest BCUT2D eigenvalue weighted by Crippen LogP contribution is -1.94. The first-order valence-corrected chi connectivity index (χ1v) is 7.16. The Labute approximate surface area is 136 Å². The molecule has 1 N–H and O–H groups in total. The zero-order chi connectivity index (χ0) is 15.5. The van der Waals surface area contributed by atoms with Gasteiger partial charge >= 0.3 is 0 Å². The molecule has 0 saturated heterocycles. The van der Waals surface area contributed by atoms with E-state index in [1.807, 2.05) is 18.2 Å². The highest BCUT2D eigenvalue weighted by Crippen LogP contribution is 2.30. The average molecular weight is 333 g/mol. The molecular formula is C16H10Cl2N2O2. The lowest BCUT2D eigenvalue weighted by molar-refractivity contribution is -0.103. The summed E-state index contributed by atoms with van der Waals surface area (Å²) < 4.78 is 5.55. The number of rotatable bonds is 4. The third-order valence-corrected chi connectivity index (χ3v) is 3.82. The van der Waals surface area contributed by atoms with E-state index in [1.54, 1.807) is 24.3 Å². The van der Waals surface area contributed by atoms with Gasteiger partial charge in [0, 0.05) is 6.20 Å². The average Bonchev–Trinajstić information content (AvgIpc) is 2.95. The molecule has 1 aromatic heterocycles. The van der Waals surface area contributed by atoms with E-state index < -0.39 is 0 Å². The number of para-hydroxylation sites is 2. The summed E-state index contributed by atoms with van der Waals surface area (Å²) in [5.41, 5.74) is 2.16. The Morgan fingerprint density at radius 2 is 1.95 bits per heavy atom. The number of anilines is 1. The number of nitrogens with zero attached hydrogens (tertiary/aromatic N) is 1. The molecule has 1 heterocycles. The highest BCUT2D eigenvalue weighted by Gasteiger charge is 2.10. The fraction of sp³-hybridized carbons (Fsp3) is 0. The maximum atomic E-state index is 11.3. The minimum absolute atomic E-state index is 0.238. The summed E-state index contributed by atoms with van der Waals surface area (Å²) in [6.45, 7) is 0. The van der Waals surface area contributed by atoms with Crippen LogP contribution in [0.3, 0.4) is 0 Å². The maximum Gasteiger partial charge on any atom is 0.232 e. The number of allylic oxidation sites excluding steroid dienone is 1. The zero-order valence-corrected chi connectivity index (χ0v) is 12.7. The van der Waals surface area contributed by atoms with E-state index in [1.165, 1.54) is 6.20 Å². The van der Waals surface area contributed by atoms with Crippen LogP contribution in [-0.4, -0.2) is 11.3 Å². The van der Waals surface area contributed by atoms with Crippen LogP contribution in [0.2, 0.25) is 10.0 Å². The second-order valence-corrected chi connectivity index (χ2v) is 5.24. The molecule has 0 bridgehead atoms. The van der Waals surface area contributed by atoms with Crippen molar-refractivity contribution >= 4 is 51.8 Å². The van der Waals surface area contributed by atoms with Crippen molar-refractivity contribution in [3.8, 4) is 0 Å². The normalized spacial score (nSPS) is 11.6. The Balaban J connectivity index is 1.93. The van der Waals surface area contributed by atoms with Crippen LogP contribution in [0, 0.1) is 0 Å². The van der Waals surface area contributed by atoms with Crippen LogP contribution in [0.1, 0.15) is 5.89 Å². The number of carbonyl (C=O) groups excluding carboxylic acids is 1. The number of aldehydes is 1. The monoisotopic (exact) mass is 332 g/mol. The topological polar surface area (TPSA) is 55.1 Å². The minimum atomic E-state index is 0.238. The number of fused-ring (bicyclic) bond motifs is 1.